The van der Waals surface area contributed by atoms with E-state index in [9.17, 15) is 9.59 Å². The van der Waals surface area contributed by atoms with Gasteiger partial charge in [-0.05, 0) is 105 Å². The molecule has 0 N–H and O–H groups in total. The lowest BCUT2D eigenvalue weighted by Crippen LogP contribution is -2.54. The minimum atomic E-state index is -0.00739. The van der Waals surface area contributed by atoms with E-state index in [-0.39, 0.29) is 23.3 Å². The zero-order valence-electron chi connectivity index (χ0n) is 18.3. The summed E-state index contributed by atoms with van der Waals surface area (Å²) in [6, 6.07) is 0. The minimum absolute atomic E-state index is 0.00739. The maximum atomic E-state index is 12.2. The van der Waals surface area contributed by atoms with Crippen molar-refractivity contribution in [2.45, 2.75) is 98.0 Å². The Labute approximate surface area is 170 Å². The van der Waals surface area contributed by atoms with Gasteiger partial charge >= 0.3 is 5.97 Å². The average molecular weight is 387 g/mol. The van der Waals surface area contributed by atoms with Crippen LogP contribution in [-0.4, -0.2) is 17.9 Å². The van der Waals surface area contributed by atoms with Crippen LogP contribution in [0.15, 0.2) is 11.6 Å². The van der Waals surface area contributed by atoms with Gasteiger partial charge in [0.25, 0.3) is 0 Å². The number of ether oxygens (including phenoxy) is 1. The number of ketones is 1. The third-order valence-electron chi connectivity index (χ3n) is 9.33. The molecule has 28 heavy (non-hydrogen) atoms. The third kappa shape index (κ3) is 3.08. The molecule has 3 heteroatoms. The molecule has 0 aliphatic heterocycles. The summed E-state index contributed by atoms with van der Waals surface area (Å²) in [7, 11) is 0. The highest BCUT2D eigenvalue weighted by molar-refractivity contribution is 5.95. The van der Waals surface area contributed by atoms with E-state index in [1.165, 1.54) is 32.1 Å². The van der Waals surface area contributed by atoms with Crippen molar-refractivity contribution >= 4 is 11.8 Å². The Morgan fingerprint density at radius 1 is 1.11 bits per heavy atom. The number of carbonyl (C=O) groups is 2. The second-order valence-corrected chi connectivity index (χ2v) is 10.7. The Balaban J connectivity index is 1.48. The summed E-state index contributed by atoms with van der Waals surface area (Å²) in [4.78, 5) is 24.2. The Kier molecular flexibility index (Phi) is 5.25. The molecule has 0 bridgehead atoms. The molecule has 4 rings (SSSR count). The summed E-state index contributed by atoms with van der Waals surface area (Å²) in [5.74, 6) is 3.16. The fourth-order valence-electron chi connectivity index (χ4n) is 7.89. The van der Waals surface area contributed by atoms with Crippen LogP contribution >= 0.6 is 0 Å². The van der Waals surface area contributed by atoms with Gasteiger partial charge in [0.15, 0.2) is 5.78 Å². The first-order valence-corrected chi connectivity index (χ1v) is 11.7. The number of Topliss-reactive ketones (excluding diaryl/α,β-unsaturated/α-hetero) is 1. The number of carbonyl (C=O) groups excluding carboxylic acids is 2. The lowest BCUT2D eigenvalue weighted by molar-refractivity contribution is -0.161. The fraction of sp³-hybridized carbons (Fsp3) is 0.840. The highest BCUT2D eigenvalue weighted by atomic mass is 16.5. The molecule has 0 saturated heterocycles. The Hall–Kier alpha value is -1.12. The molecule has 4 aliphatic rings. The largest absolute Gasteiger partial charge is 0.462 e. The van der Waals surface area contributed by atoms with Crippen molar-refractivity contribution in [1.82, 2.24) is 0 Å². The van der Waals surface area contributed by atoms with Crippen LogP contribution < -0.4 is 0 Å². The van der Waals surface area contributed by atoms with Crippen molar-refractivity contribution in [3.63, 3.8) is 0 Å². The van der Waals surface area contributed by atoms with Gasteiger partial charge in [-0.15, -0.1) is 0 Å². The zero-order valence-corrected chi connectivity index (χ0v) is 18.3. The summed E-state index contributed by atoms with van der Waals surface area (Å²) in [5, 5.41) is 0. The summed E-state index contributed by atoms with van der Waals surface area (Å²) in [6.45, 7) is 8.69. The quantitative estimate of drug-likeness (QED) is 0.568. The highest BCUT2D eigenvalue weighted by Gasteiger charge is 2.59. The summed E-state index contributed by atoms with van der Waals surface area (Å²) in [6.07, 6.45) is 13.2. The van der Waals surface area contributed by atoms with Crippen molar-refractivity contribution in [3.05, 3.63) is 11.6 Å². The second kappa shape index (κ2) is 7.29. The maximum Gasteiger partial charge on any atom is 0.306 e. The molecule has 3 nitrogen and oxygen atoms in total. The third-order valence-corrected chi connectivity index (χ3v) is 9.33. The van der Waals surface area contributed by atoms with Gasteiger partial charge in [-0.3, -0.25) is 9.59 Å². The summed E-state index contributed by atoms with van der Waals surface area (Å²) in [5.41, 5.74) is 1.62. The van der Waals surface area contributed by atoms with E-state index < -0.39 is 0 Å². The van der Waals surface area contributed by atoms with Gasteiger partial charge in [0.2, 0.25) is 0 Å². The first kappa shape index (κ1) is 20.2. The highest BCUT2D eigenvalue weighted by Crippen LogP contribution is 2.66. The predicted molar refractivity (Wildman–Crippen MR) is 111 cm³/mol. The van der Waals surface area contributed by atoms with Crippen LogP contribution in [-0.2, 0) is 14.3 Å². The van der Waals surface area contributed by atoms with Gasteiger partial charge in [-0.25, -0.2) is 0 Å². The first-order chi connectivity index (χ1) is 13.3. The topological polar surface area (TPSA) is 43.4 Å². The van der Waals surface area contributed by atoms with Gasteiger partial charge < -0.3 is 4.74 Å². The maximum absolute atomic E-state index is 12.2. The Morgan fingerprint density at radius 3 is 2.61 bits per heavy atom. The van der Waals surface area contributed by atoms with Crippen molar-refractivity contribution < 1.29 is 14.3 Å². The van der Waals surface area contributed by atoms with Crippen LogP contribution in [0.25, 0.3) is 0 Å². The van der Waals surface area contributed by atoms with E-state index >= 15 is 0 Å². The number of allylic oxidation sites excluding steroid dienone is 2. The van der Waals surface area contributed by atoms with Crippen LogP contribution in [0, 0.1) is 34.5 Å². The monoisotopic (exact) mass is 386 g/mol. The lowest BCUT2D eigenvalue weighted by atomic mass is 9.44. The molecule has 0 aromatic rings. The van der Waals surface area contributed by atoms with Gasteiger partial charge in [0.05, 0.1) is 0 Å². The molecule has 0 heterocycles. The van der Waals surface area contributed by atoms with E-state index in [2.05, 4.69) is 19.9 Å². The summed E-state index contributed by atoms with van der Waals surface area (Å²) >= 11 is 0. The van der Waals surface area contributed by atoms with E-state index in [0.29, 0.717) is 23.7 Å². The van der Waals surface area contributed by atoms with Gasteiger partial charge in [0, 0.05) is 6.42 Å². The van der Waals surface area contributed by atoms with Crippen molar-refractivity contribution in [2.24, 2.45) is 34.5 Å². The van der Waals surface area contributed by atoms with Crippen molar-refractivity contribution in [3.8, 4) is 0 Å². The van der Waals surface area contributed by atoms with Crippen molar-refractivity contribution in [2.75, 3.05) is 0 Å². The molecule has 0 aromatic heterocycles. The Bertz CT molecular complexity index is 679. The molecule has 156 valence electrons. The van der Waals surface area contributed by atoms with Crippen LogP contribution in [0.5, 0.6) is 0 Å². The number of rotatable bonds is 4. The number of hydrogen-bond donors (Lipinski definition) is 0. The normalized spacial score (nSPS) is 44.7. The summed E-state index contributed by atoms with van der Waals surface area (Å²) < 4.78 is 5.80. The smallest absolute Gasteiger partial charge is 0.306 e. The standard InChI is InChI=1S/C25H38O3/c1-5-6-23(27)28-18-11-13-24(3)17(15-18)7-8-19-21-10-9-20(16(2)26)25(21,4)14-12-22(19)24/h9,17-19,21-22H,5-8,10-15H2,1-4H3/t17-,18+,19-,21-,22+,24-,25+/m0/s1. The van der Waals surface area contributed by atoms with Crippen LogP contribution in [0.3, 0.4) is 0 Å². The van der Waals surface area contributed by atoms with Crippen LogP contribution in [0.1, 0.15) is 91.9 Å². The first-order valence-electron chi connectivity index (χ1n) is 11.7. The lowest BCUT2D eigenvalue weighted by Gasteiger charge is -2.60. The van der Waals surface area contributed by atoms with Gasteiger partial charge in [0.1, 0.15) is 6.10 Å². The van der Waals surface area contributed by atoms with E-state index in [0.717, 1.165) is 43.1 Å². The SMILES string of the molecule is CCCC(=O)O[C@@H]1CC[C@@]2(C)[C@@H](CC[C@@H]3[C@H]2CC[C@]2(C)C(C(C)=O)=CC[C@@H]32)C1. The molecule has 0 radical (unpaired) electrons. The van der Waals surface area contributed by atoms with E-state index in [1.807, 2.05) is 6.92 Å². The molecule has 3 saturated carbocycles. The molecular formula is C25H38O3. The number of esters is 1. The molecule has 0 amide bonds. The van der Waals surface area contributed by atoms with Gasteiger partial charge in [-0.1, -0.05) is 26.8 Å². The molecule has 3 fully saturated rings. The Morgan fingerprint density at radius 2 is 1.89 bits per heavy atom. The van der Waals surface area contributed by atoms with Crippen LogP contribution in [0.2, 0.25) is 0 Å². The predicted octanol–water partition coefficient (Wildman–Crippen LogP) is 5.87. The van der Waals surface area contributed by atoms with Crippen LogP contribution in [0.4, 0.5) is 0 Å². The van der Waals surface area contributed by atoms with Gasteiger partial charge in [-0.2, -0.15) is 0 Å². The minimum Gasteiger partial charge on any atom is -0.462 e. The fourth-order valence-corrected chi connectivity index (χ4v) is 7.89. The number of fused-ring (bicyclic) bond motifs is 5. The molecule has 0 spiro atoms. The van der Waals surface area contributed by atoms with E-state index in [1.54, 1.807) is 6.92 Å². The molecule has 0 unspecified atom stereocenters. The average Bonchev–Trinajstić information content (AvgIpc) is 2.99. The molecule has 7 atom stereocenters. The second-order valence-electron chi connectivity index (χ2n) is 10.7. The van der Waals surface area contributed by atoms with E-state index in [4.69, 9.17) is 4.74 Å². The molecule has 4 aliphatic carbocycles. The molecular weight excluding hydrogens is 348 g/mol. The zero-order chi connectivity index (χ0) is 20.1. The van der Waals surface area contributed by atoms with Crippen molar-refractivity contribution in [1.29, 1.82) is 0 Å². The molecule has 0 aromatic carbocycles. The number of hydrogen-bond acceptors (Lipinski definition) is 3.